The highest BCUT2D eigenvalue weighted by atomic mass is 19.1. The molecule has 0 spiro atoms. The van der Waals surface area contributed by atoms with Crippen molar-refractivity contribution in [3.63, 3.8) is 0 Å². The van der Waals surface area contributed by atoms with Crippen LogP contribution in [-0.4, -0.2) is 40.0 Å². The van der Waals surface area contributed by atoms with Gasteiger partial charge in [-0.25, -0.2) is 14.1 Å². The second-order valence-corrected chi connectivity index (χ2v) is 6.80. The van der Waals surface area contributed by atoms with Crippen LogP contribution in [0.3, 0.4) is 0 Å². The zero-order valence-electron chi connectivity index (χ0n) is 16.0. The predicted octanol–water partition coefficient (Wildman–Crippen LogP) is 3.52. The van der Waals surface area contributed by atoms with Crippen molar-refractivity contribution in [2.75, 3.05) is 18.5 Å². The van der Waals surface area contributed by atoms with Gasteiger partial charge >= 0.3 is 0 Å². The summed E-state index contributed by atoms with van der Waals surface area (Å²) < 4.78 is 25.9. The SMILES string of the molecule is Cc1nc(C(=O)Nc2cccc(OC[C@@H]3CCCO3)c2)nn1-c1ccc(F)cc1. The highest BCUT2D eigenvalue weighted by molar-refractivity contribution is 6.01. The van der Waals surface area contributed by atoms with Crippen molar-refractivity contribution in [2.24, 2.45) is 0 Å². The van der Waals surface area contributed by atoms with Crippen LogP contribution in [0.2, 0.25) is 0 Å². The molecule has 150 valence electrons. The zero-order valence-corrected chi connectivity index (χ0v) is 16.0. The molecule has 1 aliphatic heterocycles. The Morgan fingerprint density at radius 3 is 2.90 bits per heavy atom. The van der Waals surface area contributed by atoms with E-state index in [1.54, 1.807) is 37.3 Å². The Kier molecular flexibility index (Phi) is 5.53. The van der Waals surface area contributed by atoms with Gasteiger partial charge in [0.05, 0.1) is 11.8 Å². The molecule has 29 heavy (non-hydrogen) atoms. The van der Waals surface area contributed by atoms with Gasteiger partial charge in [0.1, 0.15) is 24.0 Å². The van der Waals surface area contributed by atoms with Crippen LogP contribution in [0.15, 0.2) is 48.5 Å². The van der Waals surface area contributed by atoms with E-state index in [2.05, 4.69) is 15.4 Å². The number of amides is 1. The van der Waals surface area contributed by atoms with Crippen molar-refractivity contribution in [3.05, 3.63) is 66.0 Å². The second-order valence-electron chi connectivity index (χ2n) is 6.80. The number of nitrogens with zero attached hydrogens (tertiary/aromatic N) is 3. The molecule has 1 amide bonds. The molecule has 2 aromatic carbocycles. The smallest absolute Gasteiger partial charge is 0.295 e. The third-order valence-electron chi connectivity index (χ3n) is 4.60. The summed E-state index contributed by atoms with van der Waals surface area (Å²) in [4.78, 5) is 16.8. The van der Waals surface area contributed by atoms with E-state index in [9.17, 15) is 9.18 Å². The van der Waals surface area contributed by atoms with Crippen LogP contribution in [0.1, 0.15) is 29.3 Å². The summed E-state index contributed by atoms with van der Waals surface area (Å²) in [6.45, 7) is 2.99. The molecule has 0 aliphatic carbocycles. The fraction of sp³-hybridized carbons (Fsp3) is 0.286. The van der Waals surface area contributed by atoms with Gasteiger partial charge in [-0.3, -0.25) is 4.79 Å². The highest BCUT2D eigenvalue weighted by Crippen LogP contribution is 2.20. The number of benzene rings is 2. The number of aromatic nitrogens is 3. The lowest BCUT2D eigenvalue weighted by atomic mass is 10.2. The third-order valence-corrected chi connectivity index (χ3v) is 4.60. The maximum absolute atomic E-state index is 13.1. The highest BCUT2D eigenvalue weighted by Gasteiger charge is 2.17. The van der Waals surface area contributed by atoms with Gasteiger partial charge in [-0.2, -0.15) is 0 Å². The van der Waals surface area contributed by atoms with Crippen molar-refractivity contribution in [1.29, 1.82) is 0 Å². The number of halogens is 1. The van der Waals surface area contributed by atoms with Crippen LogP contribution in [-0.2, 0) is 4.74 Å². The Hall–Kier alpha value is -3.26. The number of hydrogen-bond donors (Lipinski definition) is 1. The quantitative estimate of drug-likeness (QED) is 0.690. The minimum atomic E-state index is -0.440. The molecule has 1 saturated heterocycles. The number of anilines is 1. The van der Waals surface area contributed by atoms with Crippen molar-refractivity contribution in [2.45, 2.75) is 25.9 Å². The van der Waals surface area contributed by atoms with Gasteiger partial charge in [0.25, 0.3) is 5.91 Å². The topological polar surface area (TPSA) is 78.3 Å². The molecular weight excluding hydrogens is 375 g/mol. The fourth-order valence-corrected chi connectivity index (χ4v) is 3.13. The average Bonchev–Trinajstić information content (AvgIpc) is 3.37. The van der Waals surface area contributed by atoms with Crippen LogP contribution in [0.25, 0.3) is 5.69 Å². The number of rotatable bonds is 6. The number of aryl methyl sites for hydroxylation is 1. The monoisotopic (exact) mass is 396 g/mol. The standard InChI is InChI=1S/C21H21FN4O3/c1-14-23-20(25-26(14)17-9-7-15(22)8-10-17)21(27)24-16-4-2-5-18(12-16)29-13-19-6-3-11-28-19/h2,4-5,7-10,12,19H,3,6,11,13H2,1H3,(H,24,27)/t19-/m0/s1. The molecule has 8 heteroatoms. The summed E-state index contributed by atoms with van der Waals surface area (Å²) >= 11 is 0. The van der Waals surface area contributed by atoms with Crippen molar-refractivity contribution in [1.82, 2.24) is 14.8 Å². The van der Waals surface area contributed by atoms with E-state index >= 15 is 0 Å². The minimum absolute atomic E-state index is 0.0255. The Morgan fingerprint density at radius 2 is 2.14 bits per heavy atom. The number of ether oxygens (including phenoxy) is 2. The van der Waals surface area contributed by atoms with Gasteiger partial charge in [0.15, 0.2) is 0 Å². The summed E-state index contributed by atoms with van der Waals surface area (Å²) in [5, 5.41) is 7.02. The normalized spacial score (nSPS) is 16.0. The third kappa shape index (κ3) is 4.60. The molecular formula is C21H21FN4O3. The lowest BCUT2D eigenvalue weighted by molar-refractivity contribution is 0.0680. The summed E-state index contributed by atoms with van der Waals surface area (Å²) in [7, 11) is 0. The Labute approximate surface area is 167 Å². The van der Waals surface area contributed by atoms with E-state index in [1.807, 2.05) is 6.07 Å². The molecule has 0 saturated carbocycles. The molecule has 0 bridgehead atoms. The zero-order chi connectivity index (χ0) is 20.2. The van der Waals surface area contributed by atoms with Gasteiger partial charge in [-0.15, -0.1) is 5.10 Å². The van der Waals surface area contributed by atoms with E-state index in [4.69, 9.17) is 9.47 Å². The first kappa shape index (κ1) is 19.1. The number of carbonyl (C=O) groups excluding carboxylic acids is 1. The first-order chi connectivity index (χ1) is 14.1. The van der Waals surface area contributed by atoms with Crippen molar-refractivity contribution >= 4 is 11.6 Å². The molecule has 3 aromatic rings. The first-order valence-electron chi connectivity index (χ1n) is 9.44. The van der Waals surface area contributed by atoms with E-state index in [0.717, 1.165) is 19.4 Å². The van der Waals surface area contributed by atoms with Crippen LogP contribution in [0, 0.1) is 12.7 Å². The van der Waals surface area contributed by atoms with Gasteiger partial charge in [0, 0.05) is 18.4 Å². The lowest BCUT2D eigenvalue weighted by Crippen LogP contribution is -2.17. The lowest BCUT2D eigenvalue weighted by Gasteiger charge is -2.12. The minimum Gasteiger partial charge on any atom is -0.491 e. The van der Waals surface area contributed by atoms with Crippen molar-refractivity contribution in [3.8, 4) is 11.4 Å². The van der Waals surface area contributed by atoms with E-state index in [1.165, 1.54) is 16.8 Å². The van der Waals surface area contributed by atoms with Crippen LogP contribution < -0.4 is 10.1 Å². The Balaban J connectivity index is 1.43. The van der Waals surface area contributed by atoms with Gasteiger partial charge in [0.2, 0.25) is 5.82 Å². The van der Waals surface area contributed by atoms with Crippen LogP contribution in [0.4, 0.5) is 10.1 Å². The van der Waals surface area contributed by atoms with Gasteiger partial charge in [-0.1, -0.05) is 6.07 Å². The summed E-state index contributed by atoms with van der Waals surface area (Å²) in [5.74, 6) is 0.420. The Morgan fingerprint density at radius 1 is 1.31 bits per heavy atom. The predicted molar refractivity (Wildman–Crippen MR) is 105 cm³/mol. The molecule has 4 rings (SSSR count). The van der Waals surface area contributed by atoms with Crippen molar-refractivity contribution < 1.29 is 18.7 Å². The van der Waals surface area contributed by atoms with Crippen LogP contribution >= 0.6 is 0 Å². The number of nitrogens with one attached hydrogen (secondary N) is 1. The molecule has 1 aliphatic rings. The summed E-state index contributed by atoms with van der Waals surface area (Å²) in [6.07, 6.45) is 2.18. The van der Waals surface area contributed by atoms with Gasteiger partial charge < -0.3 is 14.8 Å². The van der Waals surface area contributed by atoms with E-state index in [-0.39, 0.29) is 17.7 Å². The largest absolute Gasteiger partial charge is 0.491 e. The maximum Gasteiger partial charge on any atom is 0.295 e. The van der Waals surface area contributed by atoms with E-state index in [0.29, 0.717) is 29.6 Å². The molecule has 1 atom stereocenters. The molecule has 1 aromatic heterocycles. The van der Waals surface area contributed by atoms with E-state index < -0.39 is 5.91 Å². The fourth-order valence-electron chi connectivity index (χ4n) is 3.13. The first-order valence-corrected chi connectivity index (χ1v) is 9.44. The number of hydrogen-bond acceptors (Lipinski definition) is 5. The van der Waals surface area contributed by atoms with Crippen LogP contribution in [0.5, 0.6) is 5.75 Å². The summed E-state index contributed by atoms with van der Waals surface area (Å²) in [6, 6.07) is 13.0. The number of carbonyl (C=O) groups is 1. The molecule has 0 unspecified atom stereocenters. The molecule has 1 fully saturated rings. The summed E-state index contributed by atoms with van der Waals surface area (Å²) in [5.41, 5.74) is 1.20. The molecule has 0 radical (unpaired) electrons. The van der Waals surface area contributed by atoms with Gasteiger partial charge in [-0.05, 0) is 56.2 Å². The molecule has 2 heterocycles. The molecule has 7 nitrogen and oxygen atoms in total. The second kappa shape index (κ2) is 8.40. The average molecular weight is 396 g/mol. The Bertz CT molecular complexity index is 997. The maximum atomic E-state index is 13.1. The molecule has 1 N–H and O–H groups in total.